The van der Waals surface area contributed by atoms with Crippen molar-refractivity contribution in [3.63, 3.8) is 0 Å². The number of H-pyrrole nitrogens is 1. The monoisotopic (exact) mass is 273 g/mol. The molecular formula is C10H15N3O4S. The molecular weight excluding hydrogens is 258 g/mol. The van der Waals surface area contributed by atoms with Crippen LogP contribution in [0.3, 0.4) is 0 Å². The Hall–Kier alpha value is -1.41. The maximum atomic E-state index is 12.0. The molecule has 0 unspecified atom stereocenters. The molecule has 7 nitrogen and oxygen atoms in total. The Morgan fingerprint density at radius 2 is 2.28 bits per heavy atom. The SMILES string of the molecule is CCc1ncc(S(=O)(=O)NC2(C(=O)O)CCC2)[nH]1. The van der Waals surface area contributed by atoms with Crippen LogP contribution in [-0.2, 0) is 21.2 Å². The van der Waals surface area contributed by atoms with E-state index in [4.69, 9.17) is 5.11 Å². The number of carboxylic acid groups (broad SMARTS) is 1. The number of hydrogen-bond donors (Lipinski definition) is 3. The van der Waals surface area contributed by atoms with Gasteiger partial charge in [-0.3, -0.25) is 4.79 Å². The van der Waals surface area contributed by atoms with Crippen molar-refractivity contribution in [2.45, 2.75) is 43.2 Å². The molecule has 3 N–H and O–H groups in total. The van der Waals surface area contributed by atoms with Crippen LogP contribution in [0, 0.1) is 0 Å². The molecule has 0 aromatic carbocycles. The van der Waals surface area contributed by atoms with Crippen LogP contribution in [0.1, 0.15) is 32.0 Å². The zero-order valence-electron chi connectivity index (χ0n) is 9.93. The summed E-state index contributed by atoms with van der Waals surface area (Å²) in [6.07, 6.45) is 3.12. The zero-order valence-corrected chi connectivity index (χ0v) is 10.7. The van der Waals surface area contributed by atoms with E-state index in [-0.39, 0.29) is 5.03 Å². The Labute approximate surface area is 105 Å². The third kappa shape index (κ3) is 2.13. The number of carboxylic acids is 1. The molecule has 1 fully saturated rings. The highest BCUT2D eigenvalue weighted by Crippen LogP contribution is 2.33. The Bertz CT molecular complexity index is 559. The minimum atomic E-state index is -3.86. The number of aromatic amines is 1. The van der Waals surface area contributed by atoms with Crippen LogP contribution in [0.25, 0.3) is 0 Å². The second-order valence-electron chi connectivity index (χ2n) is 4.39. The van der Waals surface area contributed by atoms with Crippen molar-refractivity contribution in [1.82, 2.24) is 14.7 Å². The number of carbonyl (C=O) groups is 1. The average Bonchev–Trinajstić information content (AvgIpc) is 2.72. The number of nitrogens with one attached hydrogen (secondary N) is 2. The Kier molecular flexibility index (Phi) is 3.16. The van der Waals surface area contributed by atoms with Gasteiger partial charge in [-0.15, -0.1) is 0 Å². The van der Waals surface area contributed by atoms with Gasteiger partial charge in [0.2, 0.25) is 0 Å². The van der Waals surface area contributed by atoms with Crippen molar-refractivity contribution in [2.75, 3.05) is 0 Å². The van der Waals surface area contributed by atoms with E-state index in [1.54, 1.807) is 0 Å². The van der Waals surface area contributed by atoms with Gasteiger partial charge in [-0.2, -0.15) is 4.72 Å². The van der Waals surface area contributed by atoms with E-state index in [0.717, 1.165) is 0 Å². The summed E-state index contributed by atoms with van der Waals surface area (Å²) in [5.41, 5.74) is -1.35. The van der Waals surface area contributed by atoms with Crippen LogP contribution in [0.15, 0.2) is 11.2 Å². The van der Waals surface area contributed by atoms with Gasteiger partial charge in [0, 0.05) is 6.42 Å². The van der Waals surface area contributed by atoms with Gasteiger partial charge < -0.3 is 10.1 Å². The van der Waals surface area contributed by atoms with E-state index in [1.807, 2.05) is 6.92 Å². The van der Waals surface area contributed by atoms with Crippen molar-refractivity contribution in [3.05, 3.63) is 12.0 Å². The number of nitrogens with zero attached hydrogens (tertiary/aromatic N) is 1. The smallest absolute Gasteiger partial charge is 0.324 e. The highest BCUT2D eigenvalue weighted by molar-refractivity contribution is 7.89. The number of aryl methyl sites for hydroxylation is 1. The summed E-state index contributed by atoms with van der Waals surface area (Å²) in [7, 11) is -3.86. The Morgan fingerprint density at radius 1 is 1.61 bits per heavy atom. The molecule has 1 aromatic heterocycles. The van der Waals surface area contributed by atoms with Gasteiger partial charge in [0.15, 0.2) is 5.03 Å². The number of imidazole rings is 1. The molecule has 0 aliphatic heterocycles. The topological polar surface area (TPSA) is 112 Å². The lowest BCUT2D eigenvalue weighted by atomic mass is 9.78. The first-order valence-electron chi connectivity index (χ1n) is 5.71. The van der Waals surface area contributed by atoms with Gasteiger partial charge in [-0.1, -0.05) is 6.92 Å². The molecule has 18 heavy (non-hydrogen) atoms. The van der Waals surface area contributed by atoms with Gasteiger partial charge >= 0.3 is 5.97 Å². The van der Waals surface area contributed by atoms with Gasteiger partial charge in [0.1, 0.15) is 11.4 Å². The number of aliphatic carboxylic acids is 1. The lowest BCUT2D eigenvalue weighted by Gasteiger charge is -2.37. The molecule has 100 valence electrons. The van der Waals surface area contributed by atoms with E-state index in [2.05, 4.69) is 14.7 Å². The van der Waals surface area contributed by atoms with E-state index >= 15 is 0 Å². The molecule has 2 rings (SSSR count). The number of rotatable bonds is 5. The molecule has 0 spiro atoms. The van der Waals surface area contributed by atoms with Crippen LogP contribution < -0.4 is 4.72 Å². The molecule has 0 radical (unpaired) electrons. The van der Waals surface area contributed by atoms with Crippen molar-refractivity contribution < 1.29 is 18.3 Å². The molecule has 1 aliphatic rings. The summed E-state index contributed by atoms with van der Waals surface area (Å²) >= 11 is 0. The second kappa shape index (κ2) is 4.36. The molecule has 8 heteroatoms. The maximum Gasteiger partial charge on any atom is 0.324 e. The van der Waals surface area contributed by atoms with Crippen molar-refractivity contribution in [3.8, 4) is 0 Å². The number of sulfonamides is 1. The summed E-state index contributed by atoms with van der Waals surface area (Å²) in [5.74, 6) is -0.582. The summed E-state index contributed by atoms with van der Waals surface area (Å²) in [4.78, 5) is 17.7. The van der Waals surface area contributed by atoms with Gasteiger partial charge in [0.05, 0.1) is 6.20 Å². The third-order valence-corrected chi connectivity index (χ3v) is 4.62. The predicted octanol–water partition coefficient (Wildman–Crippen LogP) is 0.258. The summed E-state index contributed by atoms with van der Waals surface area (Å²) in [6, 6.07) is 0. The molecule has 0 atom stereocenters. The first-order chi connectivity index (χ1) is 8.39. The fraction of sp³-hybridized carbons (Fsp3) is 0.600. The Balaban J connectivity index is 2.24. The first-order valence-corrected chi connectivity index (χ1v) is 7.19. The highest BCUT2D eigenvalue weighted by atomic mass is 32.2. The van der Waals surface area contributed by atoms with Crippen LogP contribution in [0.4, 0.5) is 0 Å². The van der Waals surface area contributed by atoms with Crippen molar-refractivity contribution in [2.24, 2.45) is 0 Å². The van der Waals surface area contributed by atoms with Crippen molar-refractivity contribution in [1.29, 1.82) is 0 Å². The molecule has 1 heterocycles. The van der Waals surface area contributed by atoms with E-state index in [1.165, 1.54) is 6.20 Å². The molecule has 1 aromatic rings. The lowest BCUT2D eigenvalue weighted by Crippen LogP contribution is -2.58. The summed E-state index contributed by atoms with van der Waals surface area (Å²) < 4.78 is 26.3. The molecule has 0 bridgehead atoms. The van der Waals surface area contributed by atoms with Crippen molar-refractivity contribution >= 4 is 16.0 Å². The van der Waals surface area contributed by atoms with E-state index in [0.29, 0.717) is 31.5 Å². The van der Waals surface area contributed by atoms with Crippen LogP contribution in [0.2, 0.25) is 0 Å². The molecule has 1 aliphatic carbocycles. The molecule has 0 amide bonds. The largest absolute Gasteiger partial charge is 0.480 e. The minimum absolute atomic E-state index is 0.0909. The predicted molar refractivity (Wildman–Crippen MR) is 62.5 cm³/mol. The Morgan fingerprint density at radius 3 is 2.67 bits per heavy atom. The van der Waals surface area contributed by atoms with E-state index < -0.39 is 21.5 Å². The standard InChI is InChI=1S/C10H15N3O4S/c1-2-7-11-6-8(12-7)18(16,17)13-10(9(14)15)4-3-5-10/h6,13H,2-5H2,1H3,(H,11,12)(H,14,15). The summed E-state index contributed by atoms with van der Waals surface area (Å²) in [6.45, 7) is 1.84. The second-order valence-corrected chi connectivity index (χ2v) is 6.04. The number of aromatic nitrogens is 2. The third-order valence-electron chi connectivity index (χ3n) is 3.18. The summed E-state index contributed by atoms with van der Waals surface area (Å²) in [5, 5.41) is 9.00. The minimum Gasteiger partial charge on any atom is -0.480 e. The van der Waals surface area contributed by atoms with E-state index in [9.17, 15) is 13.2 Å². The molecule has 1 saturated carbocycles. The fourth-order valence-electron chi connectivity index (χ4n) is 1.86. The van der Waals surface area contributed by atoms with Crippen LogP contribution in [0.5, 0.6) is 0 Å². The highest BCUT2D eigenvalue weighted by Gasteiger charge is 2.47. The average molecular weight is 273 g/mol. The first kappa shape index (κ1) is 13.0. The number of hydrogen-bond acceptors (Lipinski definition) is 4. The fourth-order valence-corrected chi connectivity index (χ4v) is 3.22. The normalized spacial score (nSPS) is 18.3. The van der Waals surface area contributed by atoms with Gasteiger partial charge in [-0.05, 0) is 19.3 Å². The van der Waals surface area contributed by atoms with Crippen LogP contribution in [-0.4, -0.2) is 35.0 Å². The van der Waals surface area contributed by atoms with Gasteiger partial charge in [0.25, 0.3) is 10.0 Å². The zero-order chi connectivity index (χ0) is 13.4. The van der Waals surface area contributed by atoms with Gasteiger partial charge in [-0.25, -0.2) is 13.4 Å². The molecule has 0 saturated heterocycles. The lowest BCUT2D eigenvalue weighted by molar-refractivity contribution is -0.147. The maximum absolute atomic E-state index is 12.0. The quantitative estimate of drug-likeness (QED) is 0.712. The van der Waals surface area contributed by atoms with Crippen LogP contribution >= 0.6 is 0 Å².